The molecule has 0 aliphatic carbocycles. The third kappa shape index (κ3) is 4.52. The van der Waals surface area contributed by atoms with Crippen molar-refractivity contribution >= 4 is 34.6 Å². The lowest BCUT2D eigenvalue weighted by molar-refractivity contribution is -0.124. The van der Waals surface area contributed by atoms with Crippen LogP contribution in [0.1, 0.15) is 29.0 Å². The second-order valence-electron chi connectivity index (χ2n) is 5.29. The van der Waals surface area contributed by atoms with Crippen LogP contribution in [-0.4, -0.2) is 23.5 Å². The summed E-state index contributed by atoms with van der Waals surface area (Å²) in [5.74, 6) is -0.944. The molecule has 0 bridgehead atoms. The minimum absolute atomic E-state index is 0.155. The molecule has 1 aromatic carbocycles. The van der Waals surface area contributed by atoms with E-state index in [9.17, 15) is 9.59 Å². The highest BCUT2D eigenvalue weighted by atomic mass is 32.1. The van der Waals surface area contributed by atoms with Gasteiger partial charge in [0.15, 0.2) is 12.3 Å². The Morgan fingerprint density at radius 2 is 1.96 bits per heavy atom. The van der Waals surface area contributed by atoms with Crippen LogP contribution in [-0.2, 0) is 9.53 Å². The van der Waals surface area contributed by atoms with Gasteiger partial charge in [-0.3, -0.25) is 4.79 Å². The smallest absolute Gasteiger partial charge is 0.358 e. The van der Waals surface area contributed by atoms with Crippen molar-refractivity contribution in [3.63, 3.8) is 0 Å². The summed E-state index contributed by atoms with van der Waals surface area (Å²) in [6.07, 6.45) is 0. The summed E-state index contributed by atoms with van der Waals surface area (Å²) < 4.78 is 5.05. The first-order valence-corrected chi connectivity index (χ1v) is 9.40. The molecule has 0 aliphatic heterocycles. The number of hydrogen-bond acceptors (Lipinski definition) is 6. The van der Waals surface area contributed by atoms with E-state index in [1.54, 1.807) is 16.7 Å². The van der Waals surface area contributed by atoms with Gasteiger partial charge >= 0.3 is 5.97 Å². The van der Waals surface area contributed by atoms with Crippen LogP contribution in [0, 0.1) is 0 Å². The molecule has 7 heteroatoms. The molecule has 0 radical (unpaired) electrons. The lowest BCUT2D eigenvalue weighted by atomic mass is 10.1. The largest absolute Gasteiger partial charge is 0.451 e. The zero-order valence-electron chi connectivity index (χ0n) is 13.5. The average molecular weight is 372 g/mol. The summed E-state index contributed by atoms with van der Waals surface area (Å²) in [7, 11) is 0. The van der Waals surface area contributed by atoms with Gasteiger partial charge in [0.2, 0.25) is 0 Å². The number of hydrogen-bond donors (Lipinski definition) is 1. The molecule has 0 aliphatic rings. The number of esters is 1. The predicted octanol–water partition coefficient (Wildman–Crippen LogP) is 3.91. The van der Waals surface area contributed by atoms with Gasteiger partial charge in [-0.1, -0.05) is 36.4 Å². The molecule has 1 N–H and O–H groups in total. The number of ether oxygens (including phenoxy) is 1. The molecule has 0 spiro atoms. The summed E-state index contributed by atoms with van der Waals surface area (Å²) in [5.41, 5.74) is 1.21. The summed E-state index contributed by atoms with van der Waals surface area (Å²) in [4.78, 5) is 29.2. The van der Waals surface area contributed by atoms with Crippen LogP contribution >= 0.6 is 22.7 Å². The topological polar surface area (TPSA) is 68.3 Å². The van der Waals surface area contributed by atoms with Gasteiger partial charge in [0.1, 0.15) is 5.01 Å². The van der Waals surface area contributed by atoms with Gasteiger partial charge in [-0.2, -0.15) is 0 Å². The van der Waals surface area contributed by atoms with Gasteiger partial charge in [0.25, 0.3) is 5.91 Å². The van der Waals surface area contributed by atoms with E-state index in [4.69, 9.17) is 4.74 Å². The molecule has 2 aromatic heterocycles. The van der Waals surface area contributed by atoms with Gasteiger partial charge in [0, 0.05) is 5.38 Å². The SMILES string of the molecule is C[C@@H](NC(=O)COC(=O)c1csc(-c2cccs2)n1)c1ccccc1. The number of nitrogens with one attached hydrogen (secondary N) is 1. The van der Waals surface area contributed by atoms with E-state index in [1.807, 2.05) is 54.8 Å². The molecule has 2 heterocycles. The third-order valence-corrected chi connectivity index (χ3v) is 5.34. The summed E-state index contributed by atoms with van der Waals surface area (Å²) in [6.45, 7) is 1.55. The van der Waals surface area contributed by atoms with Crippen molar-refractivity contribution in [2.24, 2.45) is 0 Å². The van der Waals surface area contributed by atoms with Crippen LogP contribution in [0.4, 0.5) is 0 Å². The lowest BCUT2D eigenvalue weighted by Crippen LogP contribution is -2.31. The maximum atomic E-state index is 12.0. The van der Waals surface area contributed by atoms with Gasteiger partial charge in [-0.25, -0.2) is 9.78 Å². The molecule has 3 aromatic rings. The number of rotatable bonds is 6. The van der Waals surface area contributed by atoms with E-state index < -0.39 is 5.97 Å². The molecule has 1 amide bonds. The molecule has 5 nitrogen and oxygen atoms in total. The normalized spacial score (nSPS) is 11.7. The van der Waals surface area contributed by atoms with Crippen molar-refractivity contribution in [2.45, 2.75) is 13.0 Å². The first kappa shape index (κ1) is 17.3. The van der Waals surface area contributed by atoms with Crippen molar-refractivity contribution in [1.29, 1.82) is 0 Å². The number of carbonyl (C=O) groups is 2. The fourth-order valence-corrected chi connectivity index (χ4v) is 3.80. The molecule has 3 rings (SSSR count). The van der Waals surface area contributed by atoms with Gasteiger partial charge in [-0.05, 0) is 23.9 Å². The van der Waals surface area contributed by atoms with E-state index in [1.165, 1.54) is 11.3 Å². The van der Waals surface area contributed by atoms with Crippen LogP contribution < -0.4 is 5.32 Å². The number of nitrogens with zero attached hydrogens (tertiary/aromatic N) is 1. The monoisotopic (exact) mass is 372 g/mol. The van der Waals surface area contributed by atoms with Crippen LogP contribution in [0.25, 0.3) is 9.88 Å². The maximum Gasteiger partial charge on any atom is 0.358 e. The molecule has 0 saturated heterocycles. The highest BCUT2D eigenvalue weighted by molar-refractivity contribution is 7.20. The molecule has 1 atom stereocenters. The first-order valence-electron chi connectivity index (χ1n) is 7.64. The summed E-state index contributed by atoms with van der Waals surface area (Å²) >= 11 is 2.93. The third-order valence-electron chi connectivity index (χ3n) is 3.46. The first-order chi connectivity index (χ1) is 12.1. The summed E-state index contributed by atoms with van der Waals surface area (Å²) in [6, 6.07) is 13.3. The molecular formula is C18H16N2O3S2. The minimum atomic E-state index is -0.596. The fraction of sp³-hybridized carbons (Fsp3) is 0.167. The van der Waals surface area contributed by atoms with Gasteiger partial charge < -0.3 is 10.1 Å². The van der Waals surface area contributed by atoms with E-state index >= 15 is 0 Å². The van der Waals surface area contributed by atoms with Crippen LogP contribution in [0.2, 0.25) is 0 Å². The van der Waals surface area contributed by atoms with Crippen LogP contribution in [0.5, 0.6) is 0 Å². The molecule has 0 unspecified atom stereocenters. The van der Waals surface area contributed by atoms with Crippen molar-refractivity contribution < 1.29 is 14.3 Å². The quantitative estimate of drug-likeness (QED) is 0.666. The molecule has 0 fully saturated rings. The van der Waals surface area contributed by atoms with Crippen molar-refractivity contribution in [1.82, 2.24) is 10.3 Å². The Bertz CT molecular complexity index is 844. The van der Waals surface area contributed by atoms with E-state index in [0.717, 1.165) is 15.4 Å². The second kappa shape index (κ2) is 8.04. The Morgan fingerprint density at radius 3 is 2.68 bits per heavy atom. The highest BCUT2D eigenvalue weighted by Crippen LogP contribution is 2.27. The number of thiazole rings is 1. The Morgan fingerprint density at radius 1 is 1.16 bits per heavy atom. The van der Waals surface area contributed by atoms with Crippen molar-refractivity contribution in [3.8, 4) is 9.88 Å². The molecule has 0 saturated carbocycles. The van der Waals surface area contributed by atoms with E-state index in [-0.39, 0.29) is 24.2 Å². The Kier molecular flexibility index (Phi) is 5.57. The Balaban J connectivity index is 1.51. The van der Waals surface area contributed by atoms with Crippen molar-refractivity contribution in [3.05, 3.63) is 64.5 Å². The predicted molar refractivity (Wildman–Crippen MR) is 98.7 cm³/mol. The molecular weight excluding hydrogens is 356 g/mol. The fourth-order valence-electron chi connectivity index (χ4n) is 2.19. The standard InChI is InChI=1S/C18H16N2O3S2/c1-12(13-6-3-2-4-7-13)19-16(21)10-23-18(22)14-11-25-17(20-14)15-8-5-9-24-15/h2-9,11-12H,10H2,1H3,(H,19,21)/t12-/m1/s1. The zero-order chi connectivity index (χ0) is 17.6. The van der Waals surface area contributed by atoms with Gasteiger partial charge in [0.05, 0.1) is 10.9 Å². The number of carbonyl (C=O) groups excluding carboxylic acids is 2. The second-order valence-corrected chi connectivity index (χ2v) is 7.10. The van der Waals surface area contributed by atoms with E-state index in [2.05, 4.69) is 10.3 Å². The van der Waals surface area contributed by atoms with E-state index in [0.29, 0.717) is 0 Å². The Labute approximate surface area is 153 Å². The number of amides is 1. The summed E-state index contributed by atoms with van der Waals surface area (Å²) in [5, 5.41) is 7.16. The number of thiophene rings is 1. The molecule has 128 valence electrons. The highest BCUT2D eigenvalue weighted by Gasteiger charge is 2.16. The maximum absolute atomic E-state index is 12.0. The van der Waals surface area contributed by atoms with Crippen molar-refractivity contribution in [2.75, 3.05) is 6.61 Å². The zero-order valence-corrected chi connectivity index (χ0v) is 15.1. The number of aromatic nitrogens is 1. The van der Waals surface area contributed by atoms with Crippen LogP contribution in [0.3, 0.4) is 0 Å². The number of benzene rings is 1. The van der Waals surface area contributed by atoms with Crippen LogP contribution in [0.15, 0.2) is 53.2 Å². The Hall–Kier alpha value is -2.51. The molecule has 25 heavy (non-hydrogen) atoms. The van der Waals surface area contributed by atoms with Gasteiger partial charge in [-0.15, -0.1) is 22.7 Å². The lowest BCUT2D eigenvalue weighted by Gasteiger charge is -2.14. The average Bonchev–Trinajstić information content (AvgIpc) is 3.31. The minimum Gasteiger partial charge on any atom is -0.451 e.